The van der Waals surface area contributed by atoms with E-state index >= 15 is 0 Å². The van der Waals surface area contributed by atoms with Crippen molar-refractivity contribution in [2.24, 2.45) is 0 Å². The van der Waals surface area contributed by atoms with Gasteiger partial charge in [0.1, 0.15) is 18.8 Å². The van der Waals surface area contributed by atoms with E-state index in [-0.39, 0.29) is 12.1 Å². The predicted octanol–water partition coefficient (Wildman–Crippen LogP) is 9.44. The summed E-state index contributed by atoms with van der Waals surface area (Å²) in [6.07, 6.45) is 4.95. The number of fused-ring (bicyclic) bond motifs is 1. The number of hydrogen-bond acceptors (Lipinski definition) is 8. The highest BCUT2D eigenvalue weighted by Gasteiger charge is 2.37. The predicted molar refractivity (Wildman–Crippen MR) is 189 cm³/mol. The molecule has 47 heavy (non-hydrogen) atoms. The van der Waals surface area contributed by atoms with E-state index in [1.807, 2.05) is 62.4 Å². The number of nitrogens with one attached hydrogen (secondary N) is 1. The fraction of sp³-hybridized carbons (Fsp3) is 0.361. The number of rotatable bonds is 11. The van der Waals surface area contributed by atoms with Crippen LogP contribution in [0.3, 0.4) is 0 Å². The van der Waals surface area contributed by atoms with Crippen molar-refractivity contribution in [3.05, 3.63) is 104 Å². The third kappa shape index (κ3) is 7.82. The van der Waals surface area contributed by atoms with E-state index in [4.69, 9.17) is 35.9 Å². The molecule has 1 atom stereocenters. The number of hydrogen-bond donors (Lipinski definition) is 1. The number of allylic oxidation sites excluding steroid dienone is 1. The number of aryl methyl sites for hydroxylation is 1. The minimum absolute atomic E-state index is 0.0980. The number of esters is 1. The molecule has 8 nitrogen and oxygen atoms in total. The lowest BCUT2D eigenvalue weighted by molar-refractivity contribution is -0.146. The maximum atomic E-state index is 14.0. The van der Waals surface area contributed by atoms with Crippen molar-refractivity contribution >= 4 is 51.2 Å². The molecule has 0 saturated heterocycles. The van der Waals surface area contributed by atoms with Crippen molar-refractivity contribution in [2.45, 2.75) is 82.5 Å². The molecule has 246 valence electrons. The maximum absolute atomic E-state index is 14.0. The summed E-state index contributed by atoms with van der Waals surface area (Å²) in [5.74, 6) is 1.94. The zero-order chi connectivity index (χ0) is 32.9. The van der Waals surface area contributed by atoms with Gasteiger partial charge in [-0.3, -0.25) is 0 Å². The molecular weight excluding hydrogens is 700 g/mol. The zero-order valence-electron chi connectivity index (χ0n) is 26.7. The number of anilines is 1. The lowest BCUT2D eigenvalue weighted by atomic mass is 9.94. The van der Waals surface area contributed by atoms with Gasteiger partial charge >= 0.3 is 5.97 Å². The summed E-state index contributed by atoms with van der Waals surface area (Å²) in [6, 6.07) is 19.2. The molecule has 6 rings (SSSR count). The van der Waals surface area contributed by atoms with Crippen molar-refractivity contribution in [3.8, 4) is 11.5 Å². The summed E-state index contributed by atoms with van der Waals surface area (Å²) >= 11 is 11.7. The number of carbonyl (C=O) groups is 1. The maximum Gasteiger partial charge on any atom is 0.338 e. The van der Waals surface area contributed by atoms with Crippen LogP contribution in [0.2, 0.25) is 5.02 Å². The molecule has 0 bridgehead atoms. The minimum Gasteiger partial charge on any atom is -0.490 e. The smallest absolute Gasteiger partial charge is 0.338 e. The molecular formula is C36H38BrClN4O4S. The largest absolute Gasteiger partial charge is 0.490 e. The molecule has 1 aromatic heterocycles. The molecule has 11 heteroatoms. The summed E-state index contributed by atoms with van der Waals surface area (Å²) in [4.78, 5) is 18.8. The van der Waals surface area contributed by atoms with E-state index in [0.29, 0.717) is 62.3 Å². The quantitative estimate of drug-likeness (QED) is 0.120. The topological polar surface area (TPSA) is 87.5 Å². The van der Waals surface area contributed by atoms with Gasteiger partial charge in [0.2, 0.25) is 11.1 Å². The van der Waals surface area contributed by atoms with Crippen molar-refractivity contribution < 1.29 is 19.0 Å². The molecule has 0 radical (unpaired) electrons. The van der Waals surface area contributed by atoms with Gasteiger partial charge in [-0.2, -0.15) is 4.98 Å². The number of nitrogens with zero attached hydrogens (tertiary/aromatic N) is 3. The van der Waals surface area contributed by atoms with Crippen LogP contribution in [0.4, 0.5) is 5.95 Å². The molecule has 4 aromatic rings. The first-order valence-electron chi connectivity index (χ1n) is 16.0. The van der Waals surface area contributed by atoms with Crippen LogP contribution in [-0.4, -0.2) is 33.4 Å². The third-order valence-corrected chi connectivity index (χ3v) is 10.2. The number of halogens is 2. The van der Waals surface area contributed by atoms with Crippen LogP contribution < -0.4 is 14.8 Å². The first-order valence-corrected chi connectivity index (χ1v) is 18.1. The van der Waals surface area contributed by atoms with Gasteiger partial charge in [-0.15, -0.1) is 5.10 Å². The Hall–Kier alpha value is -3.47. The Morgan fingerprint density at radius 2 is 1.87 bits per heavy atom. The molecule has 1 N–H and O–H groups in total. The van der Waals surface area contributed by atoms with Gasteiger partial charge in [-0.05, 0) is 97.3 Å². The fourth-order valence-corrected chi connectivity index (χ4v) is 7.72. The highest BCUT2D eigenvalue weighted by Crippen LogP contribution is 2.44. The summed E-state index contributed by atoms with van der Waals surface area (Å²) in [5.41, 5.74) is 5.16. The Bertz CT molecular complexity index is 1790. The summed E-state index contributed by atoms with van der Waals surface area (Å²) in [6.45, 7) is 6.70. The second-order valence-corrected chi connectivity index (χ2v) is 14.0. The van der Waals surface area contributed by atoms with Crippen LogP contribution in [-0.2, 0) is 21.9 Å². The third-order valence-electron chi connectivity index (χ3n) is 8.31. The molecule has 1 fully saturated rings. The van der Waals surface area contributed by atoms with Crippen molar-refractivity contribution in [1.82, 2.24) is 14.8 Å². The van der Waals surface area contributed by atoms with Crippen molar-refractivity contribution in [1.29, 1.82) is 0 Å². The van der Waals surface area contributed by atoms with E-state index in [9.17, 15) is 4.79 Å². The summed E-state index contributed by atoms with van der Waals surface area (Å²) in [7, 11) is 0. The molecule has 1 unspecified atom stereocenters. The van der Waals surface area contributed by atoms with E-state index in [1.165, 1.54) is 23.7 Å². The molecule has 1 aliphatic heterocycles. The number of ether oxygens (including phenoxy) is 3. The molecule has 2 heterocycles. The normalized spacial score (nSPS) is 16.4. The van der Waals surface area contributed by atoms with E-state index in [0.717, 1.165) is 42.4 Å². The lowest BCUT2D eigenvalue weighted by Crippen LogP contribution is -2.32. The van der Waals surface area contributed by atoms with E-state index in [2.05, 4.69) is 40.3 Å². The number of benzene rings is 3. The molecule has 1 aliphatic carbocycles. The number of carbonyl (C=O) groups excluding carboxylic acids is 1. The van der Waals surface area contributed by atoms with Crippen molar-refractivity contribution in [2.75, 3.05) is 11.9 Å². The van der Waals surface area contributed by atoms with Crippen LogP contribution in [0.25, 0.3) is 0 Å². The van der Waals surface area contributed by atoms with Crippen LogP contribution in [0, 0.1) is 6.92 Å². The van der Waals surface area contributed by atoms with Crippen LogP contribution in [0.1, 0.15) is 74.2 Å². The highest BCUT2D eigenvalue weighted by molar-refractivity contribution is 9.10. The first kappa shape index (κ1) is 33.4. The average molecular weight is 738 g/mol. The van der Waals surface area contributed by atoms with Gasteiger partial charge in [0, 0.05) is 16.5 Å². The Morgan fingerprint density at radius 3 is 2.64 bits per heavy atom. The Labute approximate surface area is 293 Å². The molecule has 0 amide bonds. The average Bonchev–Trinajstić information content (AvgIpc) is 3.46. The SMILES string of the molecule is CCOc1cc(C2C(C(=O)OC3CCCCC3)=C(C)Nc3nc(SCc4ccccc4Cl)nn32)cc(Br)c1OCc1cccc(C)c1. The lowest BCUT2D eigenvalue weighted by Gasteiger charge is -2.30. The van der Waals surface area contributed by atoms with Gasteiger partial charge in [0.05, 0.1) is 16.7 Å². The Kier molecular flexibility index (Phi) is 10.8. The van der Waals surface area contributed by atoms with Crippen LogP contribution in [0.5, 0.6) is 11.5 Å². The number of thioether (sulfide) groups is 1. The van der Waals surface area contributed by atoms with Crippen molar-refractivity contribution in [3.63, 3.8) is 0 Å². The summed E-state index contributed by atoms with van der Waals surface area (Å²) in [5, 5.41) is 9.50. The standard InChI is InChI=1S/C36H38BrClN4O4S/c1-4-44-30-19-26(18-28(37)33(30)45-20-24-12-10-11-22(2)17-24)32-31(34(43)46-27-14-6-5-7-15-27)23(3)39-35-40-36(41-42(32)35)47-21-25-13-8-9-16-29(25)38/h8-13,16-19,27,32H,4-7,14-15,20-21H2,1-3H3,(H,39,40,41). The highest BCUT2D eigenvalue weighted by atomic mass is 79.9. The molecule has 2 aliphatic rings. The monoisotopic (exact) mass is 736 g/mol. The van der Waals surface area contributed by atoms with Crippen LogP contribution >= 0.6 is 39.3 Å². The van der Waals surface area contributed by atoms with E-state index in [1.54, 1.807) is 4.68 Å². The number of aromatic nitrogens is 3. The Morgan fingerprint density at radius 1 is 1.06 bits per heavy atom. The second-order valence-electron chi connectivity index (χ2n) is 11.8. The summed E-state index contributed by atoms with van der Waals surface area (Å²) < 4.78 is 21.1. The van der Waals surface area contributed by atoms with Gasteiger partial charge in [-0.1, -0.05) is 77.8 Å². The van der Waals surface area contributed by atoms with E-state index < -0.39 is 6.04 Å². The van der Waals surface area contributed by atoms with Gasteiger partial charge in [0.15, 0.2) is 11.5 Å². The fourth-order valence-electron chi connectivity index (χ4n) is 6.03. The van der Waals surface area contributed by atoms with Gasteiger partial charge in [-0.25, -0.2) is 9.48 Å². The van der Waals surface area contributed by atoms with Crippen LogP contribution in [0.15, 0.2) is 81.6 Å². The molecule has 1 saturated carbocycles. The zero-order valence-corrected chi connectivity index (χ0v) is 29.9. The van der Waals surface area contributed by atoms with Gasteiger partial charge in [0.25, 0.3) is 0 Å². The minimum atomic E-state index is -0.620. The van der Waals surface area contributed by atoms with Gasteiger partial charge < -0.3 is 19.5 Å². The molecule has 3 aromatic carbocycles. The first-order chi connectivity index (χ1) is 22.8. The second kappa shape index (κ2) is 15.2. The Balaban J connectivity index is 1.36. The molecule has 0 spiro atoms.